The van der Waals surface area contributed by atoms with Gasteiger partial charge in [0.05, 0.1) is 12.5 Å². The van der Waals surface area contributed by atoms with Crippen molar-refractivity contribution in [1.29, 1.82) is 0 Å². The van der Waals surface area contributed by atoms with Gasteiger partial charge in [0, 0.05) is 12.2 Å². The van der Waals surface area contributed by atoms with Crippen LogP contribution in [-0.2, 0) is 14.9 Å². The van der Waals surface area contributed by atoms with Crippen LogP contribution in [0.3, 0.4) is 0 Å². The lowest BCUT2D eigenvalue weighted by Gasteiger charge is -2.24. The van der Waals surface area contributed by atoms with E-state index in [1.807, 2.05) is 26.0 Å². The molecule has 0 saturated heterocycles. The number of esters is 1. The van der Waals surface area contributed by atoms with Crippen LogP contribution < -0.4 is 5.32 Å². The molecule has 0 aliphatic carbocycles. The van der Waals surface area contributed by atoms with Crippen LogP contribution >= 0.6 is 0 Å². The van der Waals surface area contributed by atoms with Crippen LogP contribution in [-0.4, -0.2) is 19.1 Å². The van der Waals surface area contributed by atoms with Gasteiger partial charge in [-0.2, -0.15) is 0 Å². The Morgan fingerprint density at radius 1 is 1.32 bits per heavy atom. The lowest BCUT2D eigenvalue weighted by molar-refractivity contribution is -0.146. The average molecular weight is 263 g/mol. The molecule has 0 fully saturated rings. The Balaban J connectivity index is 2.71. The summed E-state index contributed by atoms with van der Waals surface area (Å²) in [6.07, 6.45) is 0. The van der Waals surface area contributed by atoms with E-state index in [-0.39, 0.29) is 17.3 Å². The Morgan fingerprint density at radius 3 is 2.53 bits per heavy atom. The zero-order chi connectivity index (χ0) is 14.5. The summed E-state index contributed by atoms with van der Waals surface area (Å²) in [5, 5.41) is 3.36. The van der Waals surface area contributed by atoms with Crippen LogP contribution in [0.1, 0.15) is 40.2 Å². The van der Waals surface area contributed by atoms with Crippen molar-refractivity contribution in [2.45, 2.75) is 40.0 Å². The predicted octanol–water partition coefficient (Wildman–Crippen LogP) is 3.60. The summed E-state index contributed by atoms with van der Waals surface area (Å²) in [6, 6.07) is 8.23. The van der Waals surface area contributed by atoms with Crippen LogP contribution in [0, 0.1) is 5.92 Å². The van der Waals surface area contributed by atoms with E-state index < -0.39 is 0 Å². The van der Waals surface area contributed by atoms with Gasteiger partial charge in [-0.05, 0) is 24.0 Å². The molecule has 1 unspecified atom stereocenters. The van der Waals surface area contributed by atoms with Gasteiger partial charge in [0.2, 0.25) is 0 Å². The monoisotopic (exact) mass is 263 g/mol. The molecule has 1 rings (SSSR count). The Bertz CT molecular complexity index is 421. The van der Waals surface area contributed by atoms with Crippen molar-refractivity contribution in [2.75, 3.05) is 18.5 Å². The van der Waals surface area contributed by atoms with E-state index in [0.717, 1.165) is 5.69 Å². The fourth-order valence-corrected chi connectivity index (χ4v) is 1.92. The van der Waals surface area contributed by atoms with Gasteiger partial charge >= 0.3 is 5.97 Å². The first-order valence-corrected chi connectivity index (χ1v) is 6.86. The van der Waals surface area contributed by atoms with Crippen LogP contribution in [0.4, 0.5) is 5.69 Å². The second-order valence-corrected chi connectivity index (χ2v) is 5.83. The number of nitrogens with one attached hydrogen (secondary N) is 1. The van der Waals surface area contributed by atoms with E-state index in [1.165, 1.54) is 5.56 Å². The van der Waals surface area contributed by atoms with E-state index >= 15 is 0 Å². The summed E-state index contributed by atoms with van der Waals surface area (Å²) >= 11 is 0. The molecule has 0 bridgehead atoms. The highest BCUT2D eigenvalue weighted by Crippen LogP contribution is 2.29. The minimum Gasteiger partial charge on any atom is -0.466 e. The third-order valence-corrected chi connectivity index (χ3v) is 3.02. The molecule has 0 saturated carbocycles. The quantitative estimate of drug-likeness (QED) is 0.825. The molecular weight excluding hydrogens is 238 g/mol. The number of carbonyl (C=O) groups is 1. The van der Waals surface area contributed by atoms with Gasteiger partial charge in [-0.3, -0.25) is 4.79 Å². The molecule has 3 heteroatoms. The van der Waals surface area contributed by atoms with E-state index in [1.54, 1.807) is 0 Å². The molecule has 0 radical (unpaired) electrons. The zero-order valence-corrected chi connectivity index (χ0v) is 12.6. The first-order chi connectivity index (χ1) is 8.86. The molecule has 0 aliphatic heterocycles. The molecule has 0 amide bonds. The normalized spacial score (nSPS) is 12.9. The van der Waals surface area contributed by atoms with E-state index in [2.05, 4.69) is 38.2 Å². The SMILES string of the molecule is CCOC(=O)C(C)CNc1ccccc1C(C)(C)C. The molecule has 1 N–H and O–H groups in total. The van der Waals surface area contributed by atoms with Gasteiger partial charge in [-0.1, -0.05) is 45.9 Å². The molecule has 0 aliphatic rings. The second kappa shape index (κ2) is 6.60. The summed E-state index contributed by atoms with van der Waals surface area (Å²) in [5.74, 6) is -0.295. The molecule has 1 atom stereocenters. The number of carbonyl (C=O) groups excluding carboxylic acids is 1. The van der Waals surface area contributed by atoms with Gasteiger partial charge in [0.15, 0.2) is 0 Å². The Kier molecular flexibility index (Phi) is 5.40. The first-order valence-electron chi connectivity index (χ1n) is 6.86. The van der Waals surface area contributed by atoms with Gasteiger partial charge in [-0.15, -0.1) is 0 Å². The maximum Gasteiger partial charge on any atom is 0.310 e. The molecular formula is C16H25NO2. The summed E-state index contributed by atoms with van der Waals surface area (Å²) < 4.78 is 5.01. The van der Waals surface area contributed by atoms with E-state index in [0.29, 0.717) is 13.2 Å². The number of hydrogen-bond donors (Lipinski definition) is 1. The fourth-order valence-electron chi connectivity index (χ4n) is 1.92. The number of ether oxygens (including phenoxy) is 1. The molecule has 1 aromatic carbocycles. The molecule has 0 spiro atoms. The summed E-state index contributed by atoms with van der Waals surface area (Å²) in [7, 11) is 0. The maximum atomic E-state index is 11.6. The van der Waals surface area contributed by atoms with Crippen molar-refractivity contribution < 1.29 is 9.53 Å². The van der Waals surface area contributed by atoms with Crippen molar-refractivity contribution in [3.63, 3.8) is 0 Å². The lowest BCUT2D eigenvalue weighted by Crippen LogP contribution is -2.24. The molecule has 0 aromatic heterocycles. The number of anilines is 1. The van der Waals surface area contributed by atoms with Crippen LogP contribution in [0.5, 0.6) is 0 Å². The average Bonchev–Trinajstić information content (AvgIpc) is 2.35. The highest BCUT2D eigenvalue weighted by atomic mass is 16.5. The van der Waals surface area contributed by atoms with E-state index in [9.17, 15) is 4.79 Å². The summed E-state index contributed by atoms with van der Waals surface area (Å²) in [6.45, 7) is 11.3. The lowest BCUT2D eigenvalue weighted by atomic mass is 9.86. The largest absolute Gasteiger partial charge is 0.466 e. The van der Waals surface area contributed by atoms with Gasteiger partial charge in [-0.25, -0.2) is 0 Å². The number of hydrogen-bond acceptors (Lipinski definition) is 3. The third-order valence-electron chi connectivity index (χ3n) is 3.02. The Morgan fingerprint density at radius 2 is 1.95 bits per heavy atom. The van der Waals surface area contributed by atoms with Gasteiger partial charge < -0.3 is 10.1 Å². The Hall–Kier alpha value is -1.51. The molecule has 3 nitrogen and oxygen atoms in total. The van der Waals surface area contributed by atoms with Crippen LogP contribution in [0.25, 0.3) is 0 Å². The highest BCUT2D eigenvalue weighted by molar-refractivity contribution is 5.72. The first kappa shape index (κ1) is 15.5. The van der Waals surface area contributed by atoms with Crippen molar-refractivity contribution in [2.24, 2.45) is 5.92 Å². The number of rotatable bonds is 5. The molecule has 0 heterocycles. The van der Waals surface area contributed by atoms with Gasteiger partial charge in [0.25, 0.3) is 0 Å². The number of benzene rings is 1. The van der Waals surface area contributed by atoms with Crippen molar-refractivity contribution in [3.8, 4) is 0 Å². The molecule has 19 heavy (non-hydrogen) atoms. The van der Waals surface area contributed by atoms with Gasteiger partial charge in [0.1, 0.15) is 0 Å². The van der Waals surface area contributed by atoms with E-state index in [4.69, 9.17) is 4.74 Å². The van der Waals surface area contributed by atoms with Crippen molar-refractivity contribution >= 4 is 11.7 Å². The smallest absolute Gasteiger partial charge is 0.310 e. The van der Waals surface area contributed by atoms with Crippen molar-refractivity contribution in [3.05, 3.63) is 29.8 Å². The molecule has 106 valence electrons. The second-order valence-electron chi connectivity index (χ2n) is 5.83. The highest BCUT2D eigenvalue weighted by Gasteiger charge is 2.19. The Labute approximate surface area is 116 Å². The zero-order valence-electron chi connectivity index (χ0n) is 12.6. The van der Waals surface area contributed by atoms with Crippen LogP contribution in [0.2, 0.25) is 0 Å². The minimum atomic E-state index is -0.150. The fraction of sp³-hybridized carbons (Fsp3) is 0.562. The van der Waals surface area contributed by atoms with Crippen molar-refractivity contribution in [1.82, 2.24) is 0 Å². The summed E-state index contributed by atoms with van der Waals surface area (Å²) in [5.41, 5.74) is 2.42. The van der Waals surface area contributed by atoms with Crippen LogP contribution in [0.15, 0.2) is 24.3 Å². The minimum absolute atomic E-state index is 0.0801. The number of para-hydroxylation sites is 1. The standard InChI is InChI=1S/C16H25NO2/c1-6-19-15(18)12(2)11-17-14-10-8-7-9-13(14)16(3,4)5/h7-10,12,17H,6,11H2,1-5H3. The predicted molar refractivity (Wildman–Crippen MR) is 79.4 cm³/mol. The third kappa shape index (κ3) is 4.58. The summed E-state index contributed by atoms with van der Waals surface area (Å²) in [4.78, 5) is 11.6. The maximum absolute atomic E-state index is 11.6. The topological polar surface area (TPSA) is 38.3 Å². The molecule has 1 aromatic rings.